The Bertz CT molecular complexity index is 666. The molecule has 0 radical (unpaired) electrons. The Morgan fingerprint density at radius 3 is 2.80 bits per heavy atom. The lowest BCUT2D eigenvalue weighted by Crippen LogP contribution is -2.09. The van der Waals surface area contributed by atoms with Crippen molar-refractivity contribution in [3.8, 4) is 0 Å². The molecule has 0 spiro atoms. The second-order valence-electron chi connectivity index (χ2n) is 2.82. The standard InChI is InChI=1S/C8H3BrClFN2OS/c9-4-3(10)1-2-6(5(4)11)12-8(15)13-7(2)14/h1H,(H2,12,13,14,15). The van der Waals surface area contributed by atoms with E-state index in [1.807, 2.05) is 0 Å². The van der Waals surface area contributed by atoms with Crippen LogP contribution in [0, 0.1) is 10.6 Å². The quantitative estimate of drug-likeness (QED) is 0.580. The molecule has 1 aromatic carbocycles. The maximum absolute atomic E-state index is 13.7. The van der Waals surface area contributed by atoms with Gasteiger partial charge < -0.3 is 4.98 Å². The predicted octanol–water partition coefficient (Wildman–Crippen LogP) is 3.14. The van der Waals surface area contributed by atoms with Gasteiger partial charge in [-0.2, -0.15) is 0 Å². The summed E-state index contributed by atoms with van der Waals surface area (Å²) in [4.78, 5) is 16.3. The highest BCUT2D eigenvalue weighted by Crippen LogP contribution is 2.29. The fraction of sp³-hybridized carbons (Fsp3) is 0. The summed E-state index contributed by atoms with van der Waals surface area (Å²) in [5.74, 6) is -0.630. The van der Waals surface area contributed by atoms with E-state index in [-0.39, 0.29) is 25.2 Å². The van der Waals surface area contributed by atoms with Crippen LogP contribution >= 0.6 is 39.7 Å². The molecule has 0 amide bonds. The number of hydrogen-bond acceptors (Lipinski definition) is 2. The largest absolute Gasteiger partial charge is 0.329 e. The van der Waals surface area contributed by atoms with Crippen LogP contribution in [0.5, 0.6) is 0 Å². The van der Waals surface area contributed by atoms with Crippen LogP contribution in [-0.4, -0.2) is 9.97 Å². The molecule has 0 fully saturated rings. The summed E-state index contributed by atoms with van der Waals surface area (Å²) in [6, 6.07) is 1.37. The third kappa shape index (κ3) is 1.73. The van der Waals surface area contributed by atoms with Crippen LogP contribution in [-0.2, 0) is 0 Å². The first kappa shape index (κ1) is 10.8. The van der Waals surface area contributed by atoms with E-state index in [4.69, 9.17) is 23.8 Å². The van der Waals surface area contributed by atoms with Gasteiger partial charge in [0.15, 0.2) is 10.6 Å². The molecule has 1 aromatic heterocycles. The molecule has 0 aliphatic heterocycles. The smallest absolute Gasteiger partial charge is 0.259 e. The third-order valence-electron chi connectivity index (χ3n) is 1.87. The zero-order chi connectivity index (χ0) is 11.2. The molecule has 2 N–H and O–H groups in total. The molecule has 0 aliphatic rings. The monoisotopic (exact) mass is 308 g/mol. The summed E-state index contributed by atoms with van der Waals surface area (Å²) in [7, 11) is 0. The molecule has 0 saturated heterocycles. The lowest BCUT2D eigenvalue weighted by atomic mass is 10.2. The van der Waals surface area contributed by atoms with Gasteiger partial charge in [0, 0.05) is 0 Å². The molecule has 1 heterocycles. The summed E-state index contributed by atoms with van der Waals surface area (Å²) in [6.45, 7) is 0. The van der Waals surface area contributed by atoms with E-state index in [1.165, 1.54) is 6.07 Å². The molecular weight excluding hydrogens is 307 g/mol. The minimum absolute atomic E-state index is 0.0417. The highest BCUT2D eigenvalue weighted by molar-refractivity contribution is 9.10. The lowest BCUT2D eigenvalue weighted by molar-refractivity contribution is 0.629. The van der Waals surface area contributed by atoms with Crippen molar-refractivity contribution in [3.05, 3.63) is 36.5 Å². The Morgan fingerprint density at radius 2 is 2.13 bits per heavy atom. The van der Waals surface area contributed by atoms with Crippen molar-refractivity contribution in [2.75, 3.05) is 0 Å². The van der Waals surface area contributed by atoms with Crippen LogP contribution in [0.1, 0.15) is 0 Å². The van der Waals surface area contributed by atoms with Crippen LogP contribution in [0.2, 0.25) is 5.02 Å². The Balaban J connectivity index is 3.12. The number of nitrogens with one attached hydrogen (secondary N) is 2. The van der Waals surface area contributed by atoms with Crippen molar-refractivity contribution < 1.29 is 4.39 Å². The topological polar surface area (TPSA) is 48.6 Å². The molecule has 0 aliphatic carbocycles. The summed E-state index contributed by atoms with van der Waals surface area (Å²) in [6.07, 6.45) is 0. The highest BCUT2D eigenvalue weighted by atomic mass is 79.9. The van der Waals surface area contributed by atoms with Gasteiger partial charge in [0.05, 0.1) is 20.4 Å². The number of H-pyrrole nitrogens is 2. The van der Waals surface area contributed by atoms with Crippen LogP contribution in [0.25, 0.3) is 10.9 Å². The number of aromatic amines is 2. The number of halogens is 3. The first-order valence-corrected chi connectivity index (χ1v) is 5.38. The van der Waals surface area contributed by atoms with Crippen molar-refractivity contribution in [3.63, 3.8) is 0 Å². The minimum atomic E-state index is -0.630. The van der Waals surface area contributed by atoms with Gasteiger partial charge in [-0.1, -0.05) is 11.6 Å². The zero-order valence-corrected chi connectivity index (χ0v) is 10.2. The molecule has 0 unspecified atom stereocenters. The Labute approximate surface area is 101 Å². The van der Waals surface area contributed by atoms with Crippen molar-refractivity contribution in [2.45, 2.75) is 0 Å². The predicted molar refractivity (Wildman–Crippen MR) is 62.4 cm³/mol. The zero-order valence-electron chi connectivity index (χ0n) is 7.03. The van der Waals surface area contributed by atoms with Gasteiger partial charge in [0.1, 0.15) is 0 Å². The molecule has 3 nitrogen and oxygen atoms in total. The Hall–Kier alpha value is -0.720. The molecule has 0 atom stereocenters. The second-order valence-corrected chi connectivity index (χ2v) is 4.43. The Morgan fingerprint density at radius 1 is 1.47 bits per heavy atom. The maximum Gasteiger partial charge on any atom is 0.259 e. The van der Waals surface area contributed by atoms with Gasteiger partial charge in [0.2, 0.25) is 0 Å². The van der Waals surface area contributed by atoms with Crippen LogP contribution in [0.4, 0.5) is 4.39 Å². The summed E-state index contributed by atoms with van der Waals surface area (Å²) in [5.41, 5.74) is -0.429. The first-order chi connectivity index (χ1) is 7.00. The van der Waals surface area contributed by atoms with Crippen molar-refractivity contribution in [1.29, 1.82) is 0 Å². The highest BCUT2D eigenvalue weighted by Gasteiger charge is 2.12. The molecule has 2 rings (SSSR count). The van der Waals surface area contributed by atoms with Crippen LogP contribution < -0.4 is 5.56 Å². The third-order valence-corrected chi connectivity index (χ3v) is 3.38. The van der Waals surface area contributed by atoms with E-state index in [0.717, 1.165) is 0 Å². The van der Waals surface area contributed by atoms with E-state index in [0.29, 0.717) is 0 Å². The summed E-state index contributed by atoms with van der Waals surface area (Å²) in [5, 5.41) is 0.269. The van der Waals surface area contributed by atoms with E-state index in [2.05, 4.69) is 25.9 Å². The fourth-order valence-corrected chi connectivity index (χ4v) is 1.91. The van der Waals surface area contributed by atoms with Gasteiger partial charge in [-0.15, -0.1) is 0 Å². The van der Waals surface area contributed by atoms with Crippen LogP contribution in [0.15, 0.2) is 15.3 Å². The molecule has 0 saturated carbocycles. The van der Waals surface area contributed by atoms with Crippen molar-refractivity contribution in [1.82, 2.24) is 9.97 Å². The summed E-state index contributed by atoms with van der Waals surface area (Å²) >= 11 is 13.4. The maximum atomic E-state index is 13.7. The van der Waals surface area contributed by atoms with E-state index in [9.17, 15) is 9.18 Å². The van der Waals surface area contributed by atoms with Crippen molar-refractivity contribution >= 4 is 50.7 Å². The van der Waals surface area contributed by atoms with Gasteiger partial charge in [-0.3, -0.25) is 9.78 Å². The fourth-order valence-electron chi connectivity index (χ4n) is 1.21. The number of rotatable bonds is 0. The van der Waals surface area contributed by atoms with Gasteiger partial charge in [-0.05, 0) is 34.2 Å². The lowest BCUT2D eigenvalue weighted by Gasteiger charge is -2.02. The number of fused-ring (bicyclic) bond motifs is 1. The van der Waals surface area contributed by atoms with E-state index >= 15 is 0 Å². The van der Waals surface area contributed by atoms with Crippen LogP contribution in [0.3, 0.4) is 0 Å². The number of benzene rings is 1. The first-order valence-electron chi connectivity index (χ1n) is 3.80. The number of hydrogen-bond donors (Lipinski definition) is 2. The van der Waals surface area contributed by atoms with Crippen molar-refractivity contribution in [2.24, 2.45) is 0 Å². The molecule has 2 aromatic rings. The van der Waals surface area contributed by atoms with E-state index < -0.39 is 11.4 Å². The molecule has 7 heteroatoms. The molecule has 0 bridgehead atoms. The van der Waals surface area contributed by atoms with Gasteiger partial charge >= 0.3 is 0 Å². The normalized spacial score (nSPS) is 10.9. The molecular formula is C8H3BrClFN2OS. The minimum Gasteiger partial charge on any atom is -0.329 e. The number of aromatic nitrogens is 2. The van der Waals surface area contributed by atoms with Gasteiger partial charge in [0.25, 0.3) is 5.56 Å². The van der Waals surface area contributed by atoms with Gasteiger partial charge in [-0.25, -0.2) is 4.39 Å². The SMILES string of the molecule is O=c1[nH]c(=S)[nH]c2c(F)c(Br)c(Cl)cc12. The Kier molecular flexibility index (Phi) is 2.66. The average Bonchev–Trinajstić information content (AvgIpc) is 2.17. The molecule has 15 heavy (non-hydrogen) atoms. The molecule has 78 valence electrons. The average molecular weight is 310 g/mol. The van der Waals surface area contributed by atoms with E-state index in [1.54, 1.807) is 0 Å². The second kappa shape index (κ2) is 3.70. The summed E-state index contributed by atoms with van der Waals surface area (Å²) < 4.78 is 13.8.